The number of carbonyl (C=O) groups excluding carboxylic acids is 2. The number of furan rings is 1. The van der Waals surface area contributed by atoms with E-state index in [4.69, 9.17) is 14.1 Å². The van der Waals surface area contributed by atoms with Crippen LogP contribution in [0.2, 0.25) is 0 Å². The molecule has 5 rings (SSSR count). The van der Waals surface area contributed by atoms with Gasteiger partial charge < -0.3 is 14.1 Å². The summed E-state index contributed by atoms with van der Waals surface area (Å²) >= 11 is 1.33. The Bertz CT molecular complexity index is 1490. The Labute approximate surface area is 224 Å². The maximum Gasteiger partial charge on any atom is 0.264 e. The summed E-state index contributed by atoms with van der Waals surface area (Å²) in [6, 6.07) is 24.4. The van der Waals surface area contributed by atoms with Crippen molar-refractivity contribution in [1.29, 1.82) is 0 Å². The van der Waals surface area contributed by atoms with Crippen molar-refractivity contribution in [3.63, 3.8) is 0 Å². The summed E-state index contributed by atoms with van der Waals surface area (Å²) in [5.74, 6) is 1.01. The van der Waals surface area contributed by atoms with E-state index in [1.165, 1.54) is 16.2 Å². The lowest BCUT2D eigenvalue weighted by molar-refractivity contribution is -0.117. The zero-order chi connectivity index (χ0) is 26.3. The molecule has 0 aliphatic rings. The number of nitrogens with one attached hydrogen (secondary N) is 1. The van der Waals surface area contributed by atoms with Crippen LogP contribution in [0.15, 0.2) is 101 Å². The van der Waals surface area contributed by atoms with Crippen molar-refractivity contribution in [2.45, 2.75) is 13.5 Å². The largest absolute Gasteiger partial charge is 0.494 e. The van der Waals surface area contributed by atoms with Gasteiger partial charge in [0, 0.05) is 17.8 Å². The van der Waals surface area contributed by atoms with Gasteiger partial charge in [-0.15, -0.1) is 11.3 Å². The van der Waals surface area contributed by atoms with Gasteiger partial charge in [0.25, 0.3) is 5.91 Å². The highest BCUT2D eigenvalue weighted by molar-refractivity contribution is 7.12. The molecule has 0 fully saturated rings. The van der Waals surface area contributed by atoms with Crippen LogP contribution in [-0.2, 0) is 11.3 Å². The minimum absolute atomic E-state index is 0.164. The minimum Gasteiger partial charge on any atom is -0.494 e. The molecule has 1 N–H and O–H groups in total. The Morgan fingerprint density at radius 1 is 1.05 bits per heavy atom. The third-order valence-electron chi connectivity index (χ3n) is 5.71. The Morgan fingerprint density at radius 2 is 1.92 bits per heavy atom. The molecule has 9 heteroatoms. The van der Waals surface area contributed by atoms with Crippen molar-refractivity contribution in [1.82, 2.24) is 14.5 Å². The van der Waals surface area contributed by atoms with E-state index in [0.29, 0.717) is 34.6 Å². The van der Waals surface area contributed by atoms with Crippen LogP contribution in [0.5, 0.6) is 5.75 Å². The molecule has 192 valence electrons. The second-order valence-electron chi connectivity index (χ2n) is 8.38. The molecule has 0 unspecified atom stereocenters. The van der Waals surface area contributed by atoms with E-state index in [0.717, 1.165) is 11.3 Å². The van der Waals surface area contributed by atoms with E-state index >= 15 is 0 Å². The number of hydrogen-bond acceptors (Lipinski definition) is 6. The predicted octanol–water partition coefficient (Wildman–Crippen LogP) is 5.87. The van der Waals surface area contributed by atoms with Gasteiger partial charge in [-0.05, 0) is 42.6 Å². The zero-order valence-electron chi connectivity index (χ0n) is 20.7. The first-order valence-corrected chi connectivity index (χ1v) is 13.0. The number of hydrogen-bond donors (Lipinski definition) is 1. The van der Waals surface area contributed by atoms with Gasteiger partial charge in [0.2, 0.25) is 11.9 Å². The third kappa shape index (κ3) is 5.84. The van der Waals surface area contributed by atoms with Gasteiger partial charge in [-0.25, -0.2) is 4.98 Å². The molecule has 3 heterocycles. The number of nitrogens with zero attached hydrogens (tertiary/aromatic N) is 3. The van der Waals surface area contributed by atoms with Crippen LogP contribution in [0.4, 0.5) is 5.95 Å². The first-order chi connectivity index (χ1) is 18.6. The van der Waals surface area contributed by atoms with Gasteiger partial charge in [-0.1, -0.05) is 42.5 Å². The van der Waals surface area contributed by atoms with Gasteiger partial charge in [-0.2, -0.15) is 0 Å². The number of benzene rings is 2. The van der Waals surface area contributed by atoms with E-state index in [-0.39, 0.29) is 24.9 Å². The van der Waals surface area contributed by atoms with E-state index in [2.05, 4.69) is 5.32 Å². The van der Waals surface area contributed by atoms with Crippen LogP contribution in [0.25, 0.3) is 16.9 Å². The molecular weight excluding hydrogens is 500 g/mol. The molecule has 0 aliphatic carbocycles. The number of aromatic nitrogens is 2. The molecule has 38 heavy (non-hydrogen) atoms. The number of imidazole rings is 1. The Hall–Kier alpha value is -4.63. The summed E-state index contributed by atoms with van der Waals surface area (Å²) in [6.07, 6.45) is 3.41. The van der Waals surface area contributed by atoms with Crippen LogP contribution in [-0.4, -0.2) is 39.4 Å². The van der Waals surface area contributed by atoms with Crippen molar-refractivity contribution >= 4 is 29.1 Å². The molecule has 0 spiro atoms. The SMILES string of the molecule is CCOc1cccc(-n2cc(-c3ccccc3)nc2NC(=O)CN(Cc2ccco2)C(=O)c2cccs2)c1. The highest BCUT2D eigenvalue weighted by Gasteiger charge is 2.23. The van der Waals surface area contributed by atoms with Gasteiger partial charge in [0.05, 0.1) is 35.7 Å². The summed E-state index contributed by atoms with van der Waals surface area (Å²) < 4.78 is 12.9. The predicted molar refractivity (Wildman–Crippen MR) is 147 cm³/mol. The van der Waals surface area contributed by atoms with E-state index in [9.17, 15) is 9.59 Å². The van der Waals surface area contributed by atoms with Crippen molar-refractivity contribution in [2.75, 3.05) is 18.5 Å². The van der Waals surface area contributed by atoms with E-state index < -0.39 is 0 Å². The molecule has 0 saturated carbocycles. The summed E-state index contributed by atoms with van der Waals surface area (Å²) in [7, 11) is 0. The number of anilines is 1. The zero-order valence-corrected chi connectivity index (χ0v) is 21.6. The molecule has 8 nitrogen and oxygen atoms in total. The first kappa shape index (κ1) is 25.0. The minimum atomic E-state index is -0.381. The molecule has 0 aliphatic heterocycles. The number of thiophene rings is 1. The third-order valence-corrected chi connectivity index (χ3v) is 6.57. The monoisotopic (exact) mass is 526 g/mol. The van der Waals surface area contributed by atoms with Gasteiger partial charge in [0.1, 0.15) is 18.1 Å². The van der Waals surface area contributed by atoms with Crippen LogP contribution < -0.4 is 10.1 Å². The Balaban J connectivity index is 1.43. The molecule has 2 aromatic carbocycles. The quantitative estimate of drug-likeness (QED) is 0.246. The van der Waals surface area contributed by atoms with Crippen molar-refractivity contribution < 1.29 is 18.7 Å². The van der Waals surface area contributed by atoms with Crippen LogP contribution in [0, 0.1) is 0 Å². The summed E-state index contributed by atoms with van der Waals surface area (Å²) in [5.41, 5.74) is 2.39. The van der Waals surface area contributed by atoms with Gasteiger partial charge in [0.15, 0.2) is 0 Å². The maximum absolute atomic E-state index is 13.3. The van der Waals surface area contributed by atoms with Gasteiger partial charge >= 0.3 is 0 Å². The Morgan fingerprint density at radius 3 is 2.66 bits per heavy atom. The molecule has 2 amide bonds. The molecule has 0 saturated heterocycles. The van der Waals surface area contributed by atoms with Crippen LogP contribution >= 0.6 is 11.3 Å². The average Bonchev–Trinajstić information content (AvgIpc) is 3.72. The fourth-order valence-electron chi connectivity index (χ4n) is 3.99. The summed E-state index contributed by atoms with van der Waals surface area (Å²) in [5, 5.41) is 4.74. The maximum atomic E-state index is 13.3. The number of carbonyl (C=O) groups is 2. The lowest BCUT2D eigenvalue weighted by Gasteiger charge is -2.20. The molecular formula is C29H26N4O4S. The average molecular weight is 527 g/mol. The lowest BCUT2D eigenvalue weighted by atomic mass is 10.2. The number of rotatable bonds is 10. The molecule has 3 aromatic heterocycles. The van der Waals surface area contributed by atoms with Crippen molar-refractivity contribution in [2.24, 2.45) is 0 Å². The van der Waals surface area contributed by atoms with E-state index in [1.54, 1.807) is 35.1 Å². The standard InChI is InChI=1S/C29H26N4O4S/c1-2-36-23-12-6-11-22(17-23)33-19-25(21-9-4-3-5-10-21)30-29(33)31-27(34)20-32(18-24-13-7-15-37-24)28(35)26-14-8-16-38-26/h3-17,19H,2,18,20H2,1H3,(H,30,31,34). The van der Waals surface area contributed by atoms with Crippen molar-refractivity contribution in [3.8, 4) is 22.7 Å². The lowest BCUT2D eigenvalue weighted by Crippen LogP contribution is -2.37. The second kappa shape index (κ2) is 11.6. The normalized spacial score (nSPS) is 10.8. The number of ether oxygens (including phenoxy) is 1. The van der Waals surface area contributed by atoms with E-state index in [1.807, 2.05) is 73.1 Å². The molecule has 0 atom stereocenters. The topological polar surface area (TPSA) is 89.6 Å². The fourth-order valence-corrected chi connectivity index (χ4v) is 4.68. The summed E-state index contributed by atoms with van der Waals surface area (Å²) in [6.45, 7) is 2.45. The molecule has 0 bridgehead atoms. The van der Waals surface area contributed by atoms with Crippen LogP contribution in [0.3, 0.4) is 0 Å². The highest BCUT2D eigenvalue weighted by atomic mass is 32.1. The Kier molecular flexibility index (Phi) is 7.65. The van der Waals surface area contributed by atoms with Crippen molar-refractivity contribution in [3.05, 3.63) is 107 Å². The molecule has 5 aromatic rings. The fraction of sp³-hybridized carbons (Fsp3) is 0.138. The summed E-state index contributed by atoms with van der Waals surface area (Å²) in [4.78, 5) is 33.2. The first-order valence-electron chi connectivity index (χ1n) is 12.1. The van der Waals surface area contributed by atoms with Crippen LogP contribution in [0.1, 0.15) is 22.4 Å². The smallest absolute Gasteiger partial charge is 0.264 e. The second-order valence-corrected chi connectivity index (χ2v) is 9.33. The number of amides is 2. The van der Waals surface area contributed by atoms with Gasteiger partial charge in [-0.3, -0.25) is 19.5 Å². The molecule has 0 radical (unpaired) electrons. The highest BCUT2D eigenvalue weighted by Crippen LogP contribution is 2.26.